The van der Waals surface area contributed by atoms with Crippen molar-refractivity contribution in [2.75, 3.05) is 14.2 Å². The average Bonchev–Trinajstić information content (AvgIpc) is 2.35. The molecule has 6 nitrogen and oxygen atoms in total. The molecule has 0 aliphatic rings. The minimum absolute atomic E-state index is 0.182. The molecule has 0 amide bonds. The Morgan fingerprint density at radius 3 is 2.41 bits per heavy atom. The molecule has 3 N–H and O–H groups in total. The van der Waals surface area contributed by atoms with Gasteiger partial charge in [-0.3, -0.25) is 0 Å². The number of benzene rings is 1. The monoisotopic (exact) mass is 242 g/mol. The summed E-state index contributed by atoms with van der Waals surface area (Å²) in [6.45, 7) is 0. The number of carbonyl (C=O) groups excluding carboxylic acids is 1. The lowest BCUT2D eigenvalue weighted by Gasteiger charge is -2.16. The van der Waals surface area contributed by atoms with Crippen molar-refractivity contribution in [2.24, 2.45) is 0 Å². The van der Waals surface area contributed by atoms with Gasteiger partial charge < -0.3 is 24.8 Å². The lowest BCUT2D eigenvalue weighted by molar-refractivity contribution is -0.156. The van der Waals surface area contributed by atoms with E-state index >= 15 is 0 Å². The van der Waals surface area contributed by atoms with Gasteiger partial charge in [-0.15, -0.1) is 0 Å². The Hall–Kier alpha value is -1.79. The van der Waals surface area contributed by atoms with E-state index in [1.54, 1.807) is 0 Å². The van der Waals surface area contributed by atoms with E-state index in [0.717, 1.165) is 7.11 Å². The number of esters is 1. The maximum Gasteiger partial charge on any atom is 0.337 e. The number of hydrogen-bond donors (Lipinski definition) is 3. The molecule has 2 atom stereocenters. The number of phenols is 1. The number of ether oxygens (including phenoxy) is 2. The lowest BCUT2D eigenvalue weighted by atomic mass is 10.0. The van der Waals surface area contributed by atoms with Crippen molar-refractivity contribution >= 4 is 5.97 Å². The molecule has 0 bridgehead atoms. The number of hydrogen-bond acceptors (Lipinski definition) is 6. The number of carbonyl (C=O) groups is 1. The third-order valence-corrected chi connectivity index (χ3v) is 2.29. The first-order valence-electron chi connectivity index (χ1n) is 4.82. The number of aliphatic hydroxyl groups excluding tert-OH is 2. The van der Waals surface area contributed by atoms with E-state index in [1.807, 2.05) is 0 Å². The van der Waals surface area contributed by atoms with Crippen molar-refractivity contribution < 1.29 is 29.6 Å². The second kappa shape index (κ2) is 5.51. The molecule has 17 heavy (non-hydrogen) atoms. The van der Waals surface area contributed by atoms with Gasteiger partial charge in [0.05, 0.1) is 14.2 Å². The number of rotatable bonds is 4. The second-order valence-corrected chi connectivity index (χ2v) is 3.34. The molecule has 0 heterocycles. The van der Waals surface area contributed by atoms with Crippen LogP contribution in [0.25, 0.3) is 0 Å². The van der Waals surface area contributed by atoms with Gasteiger partial charge in [0.15, 0.2) is 17.6 Å². The second-order valence-electron chi connectivity index (χ2n) is 3.34. The van der Waals surface area contributed by atoms with Crippen molar-refractivity contribution in [2.45, 2.75) is 12.2 Å². The fourth-order valence-electron chi connectivity index (χ4n) is 1.32. The fraction of sp³-hybridized carbons (Fsp3) is 0.364. The molecule has 0 aliphatic carbocycles. The SMILES string of the molecule is COC(=O)C(O)C(O)c1ccc(OC)c(O)c1. The average molecular weight is 242 g/mol. The Morgan fingerprint density at radius 2 is 1.94 bits per heavy atom. The third kappa shape index (κ3) is 2.86. The van der Waals surface area contributed by atoms with Crippen LogP contribution in [-0.2, 0) is 9.53 Å². The summed E-state index contributed by atoms with van der Waals surface area (Å²) in [4.78, 5) is 11.0. The van der Waals surface area contributed by atoms with Crippen LogP contribution in [0.3, 0.4) is 0 Å². The highest BCUT2D eigenvalue weighted by Crippen LogP contribution is 2.29. The highest BCUT2D eigenvalue weighted by atomic mass is 16.5. The Balaban J connectivity index is 2.93. The van der Waals surface area contributed by atoms with Crippen molar-refractivity contribution in [1.82, 2.24) is 0 Å². The van der Waals surface area contributed by atoms with Crippen LogP contribution < -0.4 is 4.74 Å². The predicted molar refractivity (Wildman–Crippen MR) is 57.6 cm³/mol. The molecule has 1 aromatic rings. The fourth-order valence-corrected chi connectivity index (χ4v) is 1.32. The van der Waals surface area contributed by atoms with Gasteiger partial charge in [0.1, 0.15) is 6.10 Å². The van der Waals surface area contributed by atoms with Gasteiger partial charge in [-0.05, 0) is 17.7 Å². The van der Waals surface area contributed by atoms with Gasteiger partial charge in [-0.2, -0.15) is 0 Å². The maximum absolute atomic E-state index is 11.0. The normalized spacial score (nSPS) is 13.9. The molecule has 1 rings (SSSR count). The number of phenolic OH excluding ortho intramolecular Hbond substituents is 1. The Morgan fingerprint density at radius 1 is 1.29 bits per heavy atom. The summed E-state index contributed by atoms with van der Waals surface area (Å²) in [5.74, 6) is -0.914. The quantitative estimate of drug-likeness (QED) is 0.641. The molecule has 1 aromatic carbocycles. The molecule has 2 unspecified atom stereocenters. The smallest absolute Gasteiger partial charge is 0.337 e. The molecular weight excluding hydrogens is 228 g/mol. The minimum atomic E-state index is -1.70. The first-order chi connectivity index (χ1) is 8.01. The van der Waals surface area contributed by atoms with Crippen LogP contribution in [0.1, 0.15) is 11.7 Å². The number of aliphatic hydroxyl groups is 2. The summed E-state index contributed by atoms with van der Waals surface area (Å²) in [7, 11) is 2.48. The molecule has 0 aliphatic heterocycles. The highest BCUT2D eigenvalue weighted by Gasteiger charge is 2.26. The van der Waals surface area contributed by atoms with E-state index in [9.17, 15) is 20.1 Å². The zero-order valence-electron chi connectivity index (χ0n) is 9.45. The van der Waals surface area contributed by atoms with Crippen molar-refractivity contribution in [3.63, 3.8) is 0 Å². The molecule has 0 aromatic heterocycles. The van der Waals surface area contributed by atoms with Gasteiger partial charge >= 0.3 is 5.97 Å². The summed E-state index contributed by atoms with van der Waals surface area (Å²) in [6.07, 6.45) is -3.17. The standard InChI is InChI=1S/C11H14O6/c1-16-8-4-3-6(5-7(8)12)9(13)10(14)11(15)17-2/h3-5,9-10,12-14H,1-2H3. The molecule has 0 saturated heterocycles. The van der Waals surface area contributed by atoms with Crippen molar-refractivity contribution in [3.05, 3.63) is 23.8 Å². The minimum Gasteiger partial charge on any atom is -0.504 e. The van der Waals surface area contributed by atoms with Gasteiger partial charge in [0.25, 0.3) is 0 Å². The van der Waals surface area contributed by atoms with Crippen LogP contribution in [0, 0.1) is 0 Å². The van der Waals surface area contributed by atoms with Crippen LogP contribution >= 0.6 is 0 Å². The van der Waals surface area contributed by atoms with Gasteiger partial charge in [0.2, 0.25) is 0 Å². The summed E-state index contributed by atoms with van der Waals surface area (Å²) >= 11 is 0. The summed E-state index contributed by atoms with van der Waals surface area (Å²) in [5, 5.41) is 28.6. The van der Waals surface area contributed by atoms with E-state index in [0.29, 0.717) is 0 Å². The summed E-state index contributed by atoms with van der Waals surface area (Å²) in [5.41, 5.74) is 0.182. The zero-order chi connectivity index (χ0) is 13.0. The summed E-state index contributed by atoms with van der Waals surface area (Å²) < 4.78 is 9.12. The molecular formula is C11H14O6. The molecule has 0 spiro atoms. The van der Waals surface area contributed by atoms with Crippen molar-refractivity contribution in [1.29, 1.82) is 0 Å². The van der Waals surface area contributed by atoms with Crippen LogP contribution in [-0.4, -0.2) is 41.6 Å². The van der Waals surface area contributed by atoms with Crippen LogP contribution in [0.5, 0.6) is 11.5 Å². The first-order valence-corrected chi connectivity index (χ1v) is 4.82. The van der Waals surface area contributed by atoms with Gasteiger partial charge in [0, 0.05) is 0 Å². The lowest BCUT2D eigenvalue weighted by Crippen LogP contribution is -2.28. The van der Waals surface area contributed by atoms with E-state index in [1.165, 1.54) is 25.3 Å². The van der Waals surface area contributed by atoms with Gasteiger partial charge in [-0.1, -0.05) is 6.07 Å². The predicted octanol–water partition coefficient (Wildman–Crippen LogP) is -0.0319. The highest BCUT2D eigenvalue weighted by molar-refractivity contribution is 5.75. The Kier molecular flexibility index (Phi) is 4.30. The molecule has 0 fully saturated rings. The topological polar surface area (TPSA) is 96.2 Å². The first kappa shape index (κ1) is 13.3. The van der Waals surface area contributed by atoms with Gasteiger partial charge in [-0.25, -0.2) is 4.79 Å². The Labute approximate surface area is 98.0 Å². The van der Waals surface area contributed by atoms with Crippen LogP contribution in [0.2, 0.25) is 0 Å². The Bertz CT molecular complexity index is 403. The maximum atomic E-state index is 11.0. The molecule has 0 radical (unpaired) electrons. The molecule has 0 saturated carbocycles. The number of methoxy groups -OCH3 is 2. The molecule has 6 heteroatoms. The van der Waals surface area contributed by atoms with Crippen molar-refractivity contribution in [3.8, 4) is 11.5 Å². The van der Waals surface area contributed by atoms with Crippen LogP contribution in [0.15, 0.2) is 18.2 Å². The molecule has 94 valence electrons. The zero-order valence-corrected chi connectivity index (χ0v) is 9.45. The largest absolute Gasteiger partial charge is 0.504 e. The van der Waals surface area contributed by atoms with E-state index in [-0.39, 0.29) is 17.1 Å². The van der Waals surface area contributed by atoms with E-state index in [2.05, 4.69) is 4.74 Å². The summed E-state index contributed by atoms with van der Waals surface area (Å²) in [6, 6.07) is 4.04. The third-order valence-electron chi connectivity index (χ3n) is 2.29. The van der Waals surface area contributed by atoms with E-state index in [4.69, 9.17) is 4.74 Å². The van der Waals surface area contributed by atoms with Crippen LogP contribution in [0.4, 0.5) is 0 Å². The number of aromatic hydroxyl groups is 1. The van der Waals surface area contributed by atoms with E-state index < -0.39 is 18.2 Å².